The van der Waals surface area contributed by atoms with E-state index in [0.29, 0.717) is 0 Å². The topological polar surface area (TPSA) is 49.8 Å². The van der Waals surface area contributed by atoms with E-state index in [1.807, 2.05) is 48.5 Å². The molecule has 0 aliphatic rings. The van der Waals surface area contributed by atoms with Gasteiger partial charge in [0, 0.05) is 36.2 Å². The maximum atomic E-state index is 4.01. The van der Waals surface area contributed by atoms with Crippen LogP contribution in [0.2, 0.25) is 0 Å². The minimum absolute atomic E-state index is 1.00. The third kappa shape index (κ3) is 2.92. The zero-order valence-electron chi connectivity index (χ0n) is 10.8. The van der Waals surface area contributed by atoms with E-state index in [4.69, 9.17) is 0 Å². The summed E-state index contributed by atoms with van der Waals surface area (Å²) in [5, 5.41) is 6.75. The van der Waals surface area contributed by atoms with Crippen molar-refractivity contribution >= 4 is 22.7 Å². The van der Waals surface area contributed by atoms with Gasteiger partial charge in [0.05, 0.1) is 11.4 Å². The molecular formula is C16H14N4. The Morgan fingerprint density at radius 3 is 1.35 bits per heavy atom. The Kier molecular flexibility index (Phi) is 3.55. The predicted octanol–water partition coefficient (Wildman–Crippen LogP) is 3.96. The number of anilines is 4. The van der Waals surface area contributed by atoms with E-state index < -0.39 is 0 Å². The lowest BCUT2D eigenvalue weighted by Gasteiger charge is -2.13. The van der Waals surface area contributed by atoms with Crippen LogP contribution >= 0.6 is 0 Å². The Balaban J connectivity index is 1.85. The minimum atomic E-state index is 1.00. The van der Waals surface area contributed by atoms with Crippen molar-refractivity contribution in [3.8, 4) is 0 Å². The van der Waals surface area contributed by atoms with Crippen LogP contribution in [0, 0.1) is 0 Å². The molecule has 3 rings (SSSR count). The van der Waals surface area contributed by atoms with Crippen LogP contribution in [0.4, 0.5) is 22.7 Å². The molecule has 0 saturated heterocycles. The molecule has 1 aromatic carbocycles. The second-order valence-corrected chi connectivity index (χ2v) is 4.27. The fraction of sp³-hybridized carbons (Fsp3) is 0. The largest absolute Gasteiger partial charge is 0.354 e. The van der Waals surface area contributed by atoms with Crippen LogP contribution in [-0.2, 0) is 0 Å². The molecule has 0 radical (unpaired) electrons. The van der Waals surface area contributed by atoms with Crippen LogP contribution in [0.25, 0.3) is 0 Å². The third-order valence-corrected chi connectivity index (χ3v) is 2.85. The van der Waals surface area contributed by atoms with Crippen molar-refractivity contribution in [2.75, 3.05) is 10.6 Å². The maximum absolute atomic E-state index is 4.01. The summed E-state index contributed by atoms with van der Waals surface area (Å²) in [7, 11) is 0. The first kappa shape index (κ1) is 12.2. The van der Waals surface area contributed by atoms with Crippen LogP contribution in [0.3, 0.4) is 0 Å². The number of aromatic nitrogens is 2. The molecular weight excluding hydrogens is 248 g/mol. The molecule has 20 heavy (non-hydrogen) atoms. The van der Waals surface area contributed by atoms with E-state index in [1.165, 1.54) is 0 Å². The molecule has 0 bridgehead atoms. The molecule has 4 heteroatoms. The highest BCUT2D eigenvalue weighted by Crippen LogP contribution is 2.27. The Bertz CT molecular complexity index is 608. The highest BCUT2D eigenvalue weighted by molar-refractivity contribution is 5.77. The SMILES string of the molecule is c1ccc(Nc2ccncc2)c(Nc2ccncc2)c1. The summed E-state index contributed by atoms with van der Waals surface area (Å²) in [5.74, 6) is 0. The van der Waals surface area contributed by atoms with E-state index >= 15 is 0 Å². The number of hydrogen-bond donors (Lipinski definition) is 2. The average molecular weight is 262 g/mol. The molecule has 0 fully saturated rings. The molecule has 0 amide bonds. The summed E-state index contributed by atoms with van der Waals surface area (Å²) in [5.41, 5.74) is 4.03. The standard InChI is InChI=1S/C16H14N4/c1-2-4-16(20-14-7-11-18-12-8-14)15(3-1)19-13-5-9-17-10-6-13/h1-12H,(H,17,19)(H,18,20). The van der Waals surface area contributed by atoms with Gasteiger partial charge in [-0.05, 0) is 36.4 Å². The molecule has 2 aromatic heterocycles. The van der Waals surface area contributed by atoms with Gasteiger partial charge in [-0.15, -0.1) is 0 Å². The van der Waals surface area contributed by atoms with Gasteiger partial charge in [0.25, 0.3) is 0 Å². The molecule has 0 atom stereocenters. The zero-order valence-corrected chi connectivity index (χ0v) is 10.8. The van der Waals surface area contributed by atoms with Crippen LogP contribution in [0.15, 0.2) is 73.3 Å². The van der Waals surface area contributed by atoms with E-state index in [9.17, 15) is 0 Å². The van der Waals surface area contributed by atoms with Crippen molar-refractivity contribution < 1.29 is 0 Å². The lowest BCUT2D eigenvalue weighted by Crippen LogP contribution is -1.97. The van der Waals surface area contributed by atoms with E-state index in [2.05, 4.69) is 20.6 Å². The Labute approximate surface area is 117 Å². The highest BCUT2D eigenvalue weighted by atomic mass is 15.0. The number of hydrogen-bond acceptors (Lipinski definition) is 4. The monoisotopic (exact) mass is 262 g/mol. The number of nitrogens with zero attached hydrogens (tertiary/aromatic N) is 2. The van der Waals surface area contributed by atoms with Crippen molar-refractivity contribution in [3.63, 3.8) is 0 Å². The Morgan fingerprint density at radius 2 is 0.950 bits per heavy atom. The molecule has 3 aromatic rings. The van der Waals surface area contributed by atoms with E-state index in [1.54, 1.807) is 24.8 Å². The molecule has 98 valence electrons. The number of benzene rings is 1. The van der Waals surface area contributed by atoms with Gasteiger partial charge in [0.15, 0.2) is 0 Å². The summed E-state index contributed by atoms with van der Waals surface area (Å²) in [6, 6.07) is 15.8. The summed E-state index contributed by atoms with van der Waals surface area (Å²) < 4.78 is 0. The second kappa shape index (κ2) is 5.84. The number of rotatable bonds is 4. The van der Waals surface area contributed by atoms with Crippen LogP contribution in [-0.4, -0.2) is 9.97 Å². The summed E-state index contributed by atoms with van der Waals surface area (Å²) in [6.07, 6.45) is 7.06. The van der Waals surface area contributed by atoms with Gasteiger partial charge in [-0.3, -0.25) is 9.97 Å². The predicted molar refractivity (Wildman–Crippen MR) is 81.5 cm³/mol. The average Bonchev–Trinajstić information content (AvgIpc) is 2.51. The van der Waals surface area contributed by atoms with Gasteiger partial charge >= 0.3 is 0 Å². The fourth-order valence-corrected chi connectivity index (χ4v) is 1.88. The quantitative estimate of drug-likeness (QED) is 0.747. The summed E-state index contributed by atoms with van der Waals surface area (Å²) in [4.78, 5) is 8.03. The van der Waals surface area contributed by atoms with Crippen molar-refractivity contribution in [2.24, 2.45) is 0 Å². The van der Waals surface area contributed by atoms with Crippen molar-refractivity contribution in [1.82, 2.24) is 9.97 Å². The minimum Gasteiger partial charge on any atom is -0.354 e. The summed E-state index contributed by atoms with van der Waals surface area (Å²) in [6.45, 7) is 0. The first-order valence-electron chi connectivity index (χ1n) is 6.35. The lowest BCUT2D eigenvalue weighted by atomic mass is 10.2. The molecule has 0 aliphatic heterocycles. The van der Waals surface area contributed by atoms with Crippen molar-refractivity contribution in [1.29, 1.82) is 0 Å². The van der Waals surface area contributed by atoms with Gasteiger partial charge in [-0.25, -0.2) is 0 Å². The normalized spacial score (nSPS) is 10.0. The fourth-order valence-electron chi connectivity index (χ4n) is 1.88. The molecule has 0 aliphatic carbocycles. The molecule has 0 saturated carbocycles. The van der Waals surface area contributed by atoms with Crippen LogP contribution in [0.1, 0.15) is 0 Å². The van der Waals surface area contributed by atoms with Gasteiger partial charge in [-0.2, -0.15) is 0 Å². The molecule has 0 spiro atoms. The molecule has 2 heterocycles. The lowest BCUT2D eigenvalue weighted by molar-refractivity contribution is 1.32. The van der Waals surface area contributed by atoms with Gasteiger partial charge in [0.2, 0.25) is 0 Å². The first-order chi connectivity index (χ1) is 9.92. The molecule has 4 nitrogen and oxygen atoms in total. The maximum Gasteiger partial charge on any atom is 0.0623 e. The highest BCUT2D eigenvalue weighted by Gasteiger charge is 2.02. The first-order valence-corrected chi connectivity index (χ1v) is 6.35. The smallest absolute Gasteiger partial charge is 0.0623 e. The van der Waals surface area contributed by atoms with Gasteiger partial charge in [-0.1, -0.05) is 12.1 Å². The zero-order chi connectivity index (χ0) is 13.6. The van der Waals surface area contributed by atoms with Crippen molar-refractivity contribution in [2.45, 2.75) is 0 Å². The van der Waals surface area contributed by atoms with E-state index in [0.717, 1.165) is 22.7 Å². The second-order valence-electron chi connectivity index (χ2n) is 4.27. The van der Waals surface area contributed by atoms with Gasteiger partial charge < -0.3 is 10.6 Å². The Morgan fingerprint density at radius 1 is 0.550 bits per heavy atom. The van der Waals surface area contributed by atoms with Crippen LogP contribution in [0.5, 0.6) is 0 Å². The summed E-state index contributed by atoms with van der Waals surface area (Å²) >= 11 is 0. The van der Waals surface area contributed by atoms with Crippen LogP contribution < -0.4 is 10.6 Å². The number of para-hydroxylation sites is 2. The van der Waals surface area contributed by atoms with Crippen molar-refractivity contribution in [3.05, 3.63) is 73.3 Å². The number of pyridine rings is 2. The van der Waals surface area contributed by atoms with Gasteiger partial charge in [0.1, 0.15) is 0 Å². The molecule has 2 N–H and O–H groups in total. The van der Waals surface area contributed by atoms with E-state index in [-0.39, 0.29) is 0 Å². The Hall–Kier alpha value is -2.88. The third-order valence-electron chi connectivity index (χ3n) is 2.85. The molecule has 0 unspecified atom stereocenters. The number of nitrogens with one attached hydrogen (secondary N) is 2.